The molecule has 0 spiro atoms. The van der Waals surface area contributed by atoms with Gasteiger partial charge in [-0.05, 0) is 94.7 Å². The summed E-state index contributed by atoms with van der Waals surface area (Å²) in [7, 11) is 0. The zero-order chi connectivity index (χ0) is 37.6. The fourth-order valence-corrected chi connectivity index (χ4v) is 8.98. The number of fused-ring (bicyclic) bond motifs is 10. The number of benzene rings is 8. The van der Waals surface area contributed by atoms with Gasteiger partial charge in [-0.3, -0.25) is 0 Å². The van der Waals surface area contributed by atoms with Gasteiger partial charge in [-0.2, -0.15) is 5.26 Å². The summed E-state index contributed by atoms with van der Waals surface area (Å²) in [6, 6.07) is 63.8. The summed E-state index contributed by atoms with van der Waals surface area (Å²) in [5.41, 5.74) is 11.7. The van der Waals surface area contributed by atoms with E-state index in [4.69, 9.17) is 9.41 Å². The van der Waals surface area contributed by atoms with E-state index in [0.717, 1.165) is 72.1 Å². The second-order valence-electron chi connectivity index (χ2n) is 14.7. The number of rotatable bonds is 4. The van der Waals surface area contributed by atoms with E-state index in [2.05, 4.69) is 166 Å². The van der Waals surface area contributed by atoms with Gasteiger partial charge < -0.3 is 18.9 Å². The van der Waals surface area contributed by atoms with Gasteiger partial charge in [0.2, 0.25) is 12.2 Å². The number of nitrogens with zero attached hydrogens (tertiary/aromatic N) is 4. The molecule has 0 radical (unpaired) electrons. The van der Waals surface area contributed by atoms with Crippen molar-refractivity contribution in [1.29, 1.82) is 5.26 Å². The highest BCUT2D eigenvalue weighted by Gasteiger charge is 2.31. The molecular weight excluding hydrogens is 699 g/mol. The Balaban J connectivity index is 1.13. The first kappa shape index (κ1) is 31.5. The number of nitriles is 1. The fourth-order valence-electron chi connectivity index (χ4n) is 8.98. The molecule has 4 heterocycles. The first-order valence-electron chi connectivity index (χ1n) is 19.1. The van der Waals surface area contributed by atoms with E-state index in [0.29, 0.717) is 11.4 Å². The van der Waals surface area contributed by atoms with Gasteiger partial charge in [0.25, 0.3) is 0 Å². The molecule has 0 saturated carbocycles. The molecule has 8 aromatic carbocycles. The quantitative estimate of drug-likeness (QED) is 0.196. The van der Waals surface area contributed by atoms with Crippen LogP contribution in [0.25, 0.3) is 82.2 Å². The van der Waals surface area contributed by atoms with E-state index in [-0.39, 0.29) is 0 Å². The monoisotopic (exact) mass is 729 g/mol. The van der Waals surface area contributed by atoms with Crippen LogP contribution in [0.1, 0.15) is 23.0 Å². The third-order valence-electron chi connectivity index (χ3n) is 11.5. The average Bonchev–Trinajstić information content (AvgIpc) is 3.92. The normalized spacial score (nSPS) is 14.0. The Kier molecular flexibility index (Phi) is 6.66. The van der Waals surface area contributed by atoms with Crippen molar-refractivity contribution in [2.24, 2.45) is 4.99 Å². The number of para-hydroxylation sites is 3. The van der Waals surface area contributed by atoms with Crippen molar-refractivity contribution in [3.05, 3.63) is 193 Å². The Morgan fingerprint density at radius 1 is 0.526 bits per heavy atom. The Morgan fingerprint density at radius 2 is 1.19 bits per heavy atom. The highest BCUT2D eigenvalue weighted by atomic mass is 16.4. The molecule has 0 fully saturated rings. The highest BCUT2D eigenvalue weighted by molar-refractivity contribution is 6.25. The summed E-state index contributed by atoms with van der Waals surface area (Å²) in [5.74, 6) is 0.668. The van der Waals surface area contributed by atoms with Crippen molar-refractivity contribution >= 4 is 76.9 Å². The second-order valence-corrected chi connectivity index (χ2v) is 14.7. The molecule has 1 aliphatic heterocycles. The molecule has 0 amide bonds. The third kappa shape index (κ3) is 4.73. The number of nitrogens with one attached hydrogen (secondary N) is 1. The summed E-state index contributed by atoms with van der Waals surface area (Å²) in [5, 5.41) is 21.4. The Hall–Kier alpha value is -7.88. The SMILES string of the molecule is N#Cc1cccc(-c2ccc3oc4c(c3c2)C(c2ccc3c(c2)c2ccccc2n3-c2ccccc2)=NC(n2c3ccccc3c3cc5ccccc5cc32)N4)c1. The molecule has 1 unspecified atom stereocenters. The molecule has 11 aromatic rings. The van der Waals surface area contributed by atoms with E-state index in [1.54, 1.807) is 0 Å². The van der Waals surface area contributed by atoms with Crippen molar-refractivity contribution in [3.8, 4) is 22.9 Å². The van der Waals surface area contributed by atoms with Gasteiger partial charge in [0, 0.05) is 38.2 Å². The predicted octanol–water partition coefficient (Wildman–Crippen LogP) is 12.7. The molecule has 3 aromatic heterocycles. The molecule has 12 rings (SSSR count). The van der Waals surface area contributed by atoms with Crippen LogP contribution in [0.4, 0.5) is 5.88 Å². The van der Waals surface area contributed by atoms with Gasteiger partial charge in [0.1, 0.15) is 5.58 Å². The van der Waals surface area contributed by atoms with E-state index < -0.39 is 6.29 Å². The van der Waals surface area contributed by atoms with Crippen LogP contribution >= 0.6 is 0 Å². The van der Waals surface area contributed by atoms with Crippen LogP contribution in [0, 0.1) is 11.3 Å². The van der Waals surface area contributed by atoms with Crippen molar-refractivity contribution < 1.29 is 4.42 Å². The number of furan rings is 1. The fraction of sp³-hybridized carbons (Fsp3) is 0.0196. The molecular formula is C51H31N5O. The van der Waals surface area contributed by atoms with Crippen LogP contribution in [0.5, 0.6) is 0 Å². The zero-order valence-corrected chi connectivity index (χ0v) is 30.5. The van der Waals surface area contributed by atoms with Crippen molar-refractivity contribution in [1.82, 2.24) is 9.13 Å². The molecule has 266 valence electrons. The lowest BCUT2D eigenvalue weighted by Gasteiger charge is -2.25. The lowest BCUT2D eigenvalue weighted by molar-refractivity contribution is 0.561. The number of aromatic nitrogens is 2. The predicted molar refractivity (Wildman–Crippen MR) is 232 cm³/mol. The van der Waals surface area contributed by atoms with Gasteiger partial charge in [-0.15, -0.1) is 0 Å². The topological polar surface area (TPSA) is 71.2 Å². The van der Waals surface area contributed by atoms with Crippen LogP contribution < -0.4 is 5.32 Å². The Labute approximate surface area is 326 Å². The highest BCUT2D eigenvalue weighted by Crippen LogP contribution is 2.43. The largest absolute Gasteiger partial charge is 0.440 e. The number of hydrogen-bond donors (Lipinski definition) is 1. The number of hydrogen-bond acceptors (Lipinski definition) is 4. The Morgan fingerprint density at radius 3 is 2.04 bits per heavy atom. The van der Waals surface area contributed by atoms with Gasteiger partial charge >= 0.3 is 0 Å². The first-order chi connectivity index (χ1) is 28.2. The minimum Gasteiger partial charge on any atom is -0.440 e. The summed E-state index contributed by atoms with van der Waals surface area (Å²) >= 11 is 0. The molecule has 57 heavy (non-hydrogen) atoms. The van der Waals surface area contributed by atoms with Gasteiger partial charge in [0.15, 0.2) is 0 Å². The van der Waals surface area contributed by atoms with E-state index in [9.17, 15) is 5.26 Å². The minimum atomic E-state index is -0.509. The standard InChI is InChI=1S/C51H31N5O/c52-30-31-11-10-14-32(25-31)35-22-24-47-42(27-35)48-49(36-21-23-45-40(28-36)38-17-6-8-19-43(38)55(45)37-15-2-1-3-16-37)53-51(54-50(48)57-47)56-44-20-9-7-18-39(44)41-26-33-12-4-5-13-34(33)29-46(41)56/h1-29,51,54H. The molecule has 1 aliphatic rings. The van der Waals surface area contributed by atoms with E-state index >= 15 is 0 Å². The second kappa shape index (κ2) is 12.1. The van der Waals surface area contributed by atoms with Crippen LogP contribution in [0.2, 0.25) is 0 Å². The van der Waals surface area contributed by atoms with Gasteiger partial charge in [-0.1, -0.05) is 103 Å². The van der Waals surface area contributed by atoms with E-state index in [1.807, 2.05) is 30.3 Å². The molecule has 1 atom stereocenters. The van der Waals surface area contributed by atoms with Crippen LogP contribution in [0.3, 0.4) is 0 Å². The minimum absolute atomic E-state index is 0.509. The Bertz CT molecular complexity index is 3520. The van der Waals surface area contributed by atoms with Gasteiger partial charge in [-0.25, -0.2) is 4.99 Å². The summed E-state index contributed by atoms with van der Waals surface area (Å²) in [6.45, 7) is 0. The molecule has 6 nitrogen and oxygen atoms in total. The van der Waals surface area contributed by atoms with Crippen LogP contribution in [0.15, 0.2) is 185 Å². The van der Waals surface area contributed by atoms with Crippen molar-refractivity contribution in [2.75, 3.05) is 5.32 Å². The van der Waals surface area contributed by atoms with Gasteiger partial charge in [0.05, 0.1) is 45.0 Å². The van der Waals surface area contributed by atoms with Crippen LogP contribution in [-0.2, 0) is 0 Å². The summed E-state index contributed by atoms with van der Waals surface area (Å²) < 4.78 is 11.4. The smallest absolute Gasteiger partial charge is 0.206 e. The maximum atomic E-state index is 9.67. The zero-order valence-electron chi connectivity index (χ0n) is 30.5. The third-order valence-corrected chi connectivity index (χ3v) is 11.5. The maximum Gasteiger partial charge on any atom is 0.206 e. The van der Waals surface area contributed by atoms with E-state index in [1.165, 1.54) is 26.9 Å². The summed E-state index contributed by atoms with van der Waals surface area (Å²) in [6.07, 6.45) is -0.509. The first-order valence-corrected chi connectivity index (χ1v) is 19.1. The maximum absolute atomic E-state index is 9.67. The van der Waals surface area contributed by atoms with Crippen LogP contribution in [-0.4, -0.2) is 14.8 Å². The molecule has 6 heteroatoms. The lowest BCUT2D eigenvalue weighted by Crippen LogP contribution is -2.24. The molecule has 0 bridgehead atoms. The summed E-state index contributed by atoms with van der Waals surface area (Å²) in [4.78, 5) is 5.68. The number of aliphatic imine (C=N–C) groups is 1. The molecule has 1 N–H and O–H groups in total. The number of anilines is 1. The lowest BCUT2D eigenvalue weighted by atomic mass is 9.95. The van der Waals surface area contributed by atoms with Crippen molar-refractivity contribution in [3.63, 3.8) is 0 Å². The van der Waals surface area contributed by atoms with Crippen molar-refractivity contribution in [2.45, 2.75) is 6.29 Å². The average molecular weight is 730 g/mol. The molecule has 0 saturated heterocycles. The molecule has 0 aliphatic carbocycles.